The van der Waals surface area contributed by atoms with Crippen molar-refractivity contribution in [2.75, 3.05) is 5.32 Å². The molecule has 8 heteroatoms. The fraction of sp³-hybridized carbons (Fsp3) is 0.227. The smallest absolute Gasteiger partial charge is 0.154 e. The first-order valence-electron chi connectivity index (χ1n) is 9.64. The fourth-order valence-electron chi connectivity index (χ4n) is 3.38. The van der Waals surface area contributed by atoms with E-state index in [2.05, 4.69) is 20.4 Å². The van der Waals surface area contributed by atoms with Crippen molar-refractivity contribution in [1.29, 1.82) is 0 Å². The molecule has 3 N–H and O–H groups in total. The molecule has 1 aromatic carbocycles. The largest absolute Gasteiger partial charge is 0.508 e. The number of aliphatic hydroxyl groups is 1. The Hall–Kier alpha value is -3.52. The van der Waals surface area contributed by atoms with Crippen LogP contribution in [-0.4, -0.2) is 35.9 Å². The Bertz CT molecular complexity index is 1190. The van der Waals surface area contributed by atoms with Gasteiger partial charge in [0, 0.05) is 11.8 Å². The summed E-state index contributed by atoms with van der Waals surface area (Å²) in [4.78, 5) is 8.80. The molecule has 0 radical (unpaired) electrons. The molecule has 2 atom stereocenters. The maximum atomic E-state index is 13.6. The first kappa shape index (κ1) is 19.8. The lowest BCUT2D eigenvalue weighted by molar-refractivity contribution is 0.195. The Morgan fingerprint density at radius 1 is 1.10 bits per heavy atom. The Morgan fingerprint density at radius 3 is 2.73 bits per heavy atom. The minimum absolute atomic E-state index is 0.0138. The van der Waals surface area contributed by atoms with Gasteiger partial charge in [0.1, 0.15) is 23.1 Å². The Labute approximate surface area is 172 Å². The zero-order valence-electron chi connectivity index (χ0n) is 16.6. The average molecular weight is 407 g/mol. The number of anilines is 1. The Kier molecular flexibility index (Phi) is 5.33. The van der Waals surface area contributed by atoms with Gasteiger partial charge in [-0.2, -0.15) is 0 Å². The molecule has 30 heavy (non-hydrogen) atoms. The molecule has 0 aliphatic heterocycles. The molecule has 0 fully saturated rings. The van der Waals surface area contributed by atoms with Gasteiger partial charge in [0.05, 0.1) is 24.0 Å². The molecular formula is C22H22FN5O2. The highest BCUT2D eigenvalue weighted by molar-refractivity contribution is 5.61. The van der Waals surface area contributed by atoms with Gasteiger partial charge in [0.2, 0.25) is 0 Å². The molecule has 3 heterocycles. The molecule has 154 valence electrons. The van der Waals surface area contributed by atoms with Crippen LogP contribution in [0.25, 0.3) is 17.0 Å². The Balaban J connectivity index is 1.66. The zero-order chi connectivity index (χ0) is 21.3. The molecule has 0 saturated carbocycles. The molecule has 4 rings (SSSR count). The van der Waals surface area contributed by atoms with Crippen molar-refractivity contribution in [3.63, 3.8) is 0 Å². The van der Waals surface area contributed by atoms with E-state index in [4.69, 9.17) is 0 Å². The van der Waals surface area contributed by atoms with Crippen molar-refractivity contribution in [3.8, 4) is 17.1 Å². The number of halogens is 1. The average Bonchev–Trinajstić information content (AvgIpc) is 3.12. The molecule has 0 aliphatic rings. The van der Waals surface area contributed by atoms with Gasteiger partial charge in [0.25, 0.3) is 0 Å². The Morgan fingerprint density at radius 2 is 1.93 bits per heavy atom. The van der Waals surface area contributed by atoms with Gasteiger partial charge in [0.15, 0.2) is 5.65 Å². The summed E-state index contributed by atoms with van der Waals surface area (Å²) in [7, 11) is 0. The number of aromatic nitrogens is 4. The van der Waals surface area contributed by atoms with Gasteiger partial charge in [-0.3, -0.25) is 4.98 Å². The van der Waals surface area contributed by atoms with E-state index in [0.717, 1.165) is 5.56 Å². The third-order valence-electron chi connectivity index (χ3n) is 4.80. The summed E-state index contributed by atoms with van der Waals surface area (Å²) in [5.74, 6) is 0.137. The SMILES string of the molecule is C[C@H](O)Cc1ccnc(-c2cnc3ccc(N[C@H](C)c4cc(F)ccc4O)nn23)c1. The number of phenolic OH excluding ortho intramolecular Hbond substituents is 1. The molecule has 7 nitrogen and oxygen atoms in total. The van der Waals surface area contributed by atoms with Crippen LogP contribution in [0, 0.1) is 5.82 Å². The monoisotopic (exact) mass is 407 g/mol. The van der Waals surface area contributed by atoms with Crippen LogP contribution in [0.1, 0.15) is 31.0 Å². The minimum atomic E-state index is -0.447. The van der Waals surface area contributed by atoms with Crippen LogP contribution in [0.5, 0.6) is 5.75 Å². The van der Waals surface area contributed by atoms with Crippen LogP contribution in [0.4, 0.5) is 10.2 Å². The van der Waals surface area contributed by atoms with Crippen molar-refractivity contribution >= 4 is 11.5 Å². The second-order valence-electron chi connectivity index (χ2n) is 7.30. The van der Waals surface area contributed by atoms with E-state index in [1.54, 1.807) is 29.9 Å². The number of rotatable bonds is 6. The quantitative estimate of drug-likeness (QED) is 0.451. The number of aliphatic hydroxyl groups excluding tert-OH is 1. The van der Waals surface area contributed by atoms with Crippen LogP contribution in [0.2, 0.25) is 0 Å². The van der Waals surface area contributed by atoms with Crippen LogP contribution < -0.4 is 5.32 Å². The topological polar surface area (TPSA) is 95.6 Å². The summed E-state index contributed by atoms with van der Waals surface area (Å²) < 4.78 is 15.3. The van der Waals surface area contributed by atoms with E-state index in [0.29, 0.717) is 34.8 Å². The van der Waals surface area contributed by atoms with Gasteiger partial charge >= 0.3 is 0 Å². The van der Waals surface area contributed by atoms with E-state index < -0.39 is 11.9 Å². The summed E-state index contributed by atoms with van der Waals surface area (Å²) in [6.07, 6.45) is 3.48. The number of nitrogens with zero attached hydrogens (tertiary/aromatic N) is 4. The summed E-state index contributed by atoms with van der Waals surface area (Å²) in [5.41, 5.74) is 3.47. The van der Waals surface area contributed by atoms with Gasteiger partial charge in [-0.25, -0.2) is 13.9 Å². The second kappa shape index (κ2) is 8.08. The van der Waals surface area contributed by atoms with E-state index >= 15 is 0 Å². The molecule has 0 aliphatic carbocycles. The van der Waals surface area contributed by atoms with Crippen LogP contribution >= 0.6 is 0 Å². The highest BCUT2D eigenvalue weighted by atomic mass is 19.1. The first-order valence-corrected chi connectivity index (χ1v) is 9.64. The number of aromatic hydroxyl groups is 1. The fourth-order valence-corrected chi connectivity index (χ4v) is 3.38. The van der Waals surface area contributed by atoms with Crippen molar-refractivity contribution in [2.24, 2.45) is 0 Å². The predicted octanol–water partition coefficient (Wildman–Crippen LogP) is 3.73. The number of hydrogen-bond acceptors (Lipinski definition) is 6. The van der Waals surface area contributed by atoms with Gasteiger partial charge in [-0.05, 0) is 68.3 Å². The van der Waals surface area contributed by atoms with Crippen molar-refractivity contribution in [2.45, 2.75) is 32.4 Å². The normalized spacial score (nSPS) is 13.3. The van der Waals surface area contributed by atoms with E-state index in [1.807, 2.05) is 25.1 Å². The van der Waals surface area contributed by atoms with E-state index in [-0.39, 0.29) is 11.8 Å². The van der Waals surface area contributed by atoms with Crippen LogP contribution in [0.3, 0.4) is 0 Å². The van der Waals surface area contributed by atoms with Crippen LogP contribution in [-0.2, 0) is 6.42 Å². The molecular weight excluding hydrogens is 385 g/mol. The van der Waals surface area contributed by atoms with Crippen molar-refractivity contribution in [3.05, 3.63) is 71.8 Å². The highest BCUT2D eigenvalue weighted by Crippen LogP contribution is 2.27. The number of pyridine rings is 1. The standard InChI is InChI=1S/C22H22FN5O2/c1-13(29)9-15-7-8-24-18(10-15)19-12-25-22-6-5-21(27-28(19)22)26-14(2)17-11-16(23)3-4-20(17)30/h3-8,10-14,29-30H,9H2,1-2H3,(H,26,27)/t13-,14+/m0/s1. The zero-order valence-corrected chi connectivity index (χ0v) is 16.6. The number of benzene rings is 1. The molecule has 3 aromatic heterocycles. The van der Waals surface area contributed by atoms with Gasteiger partial charge < -0.3 is 15.5 Å². The lowest BCUT2D eigenvalue weighted by Crippen LogP contribution is -2.10. The second-order valence-corrected chi connectivity index (χ2v) is 7.30. The molecule has 0 bridgehead atoms. The summed E-state index contributed by atoms with van der Waals surface area (Å²) >= 11 is 0. The first-order chi connectivity index (χ1) is 14.4. The van der Waals surface area contributed by atoms with Crippen molar-refractivity contribution in [1.82, 2.24) is 19.6 Å². The predicted molar refractivity (Wildman–Crippen MR) is 112 cm³/mol. The van der Waals surface area contributed by atoms with Gasteiger partial charge in [-0.1, -0.05) is 0 Å². The third kappa shape index (κ3) is 4.08. The lowest BCUT2D eigenvalue weighted by Gasteiger charge is -2.16. The molecule has 0 amide bonds. The maximum Gasteiger partial charge on any atom is 0.154 e. The minimum Gasteiger partial charge on any atom is -0.508 e. The molecule has 0 unspecified atom stereocenters. The number of imidazole rings is 1. The van der Waals surface area contributed by atoms with Gasteiger partial charge in [-0.15, -0.1) is 5.10 Å². The summed E-state index contributed by atoms with van der Waals surface area (Å²) in [6, 6.07) is 10.8. The summed E-state index contributed by atoms with van der Waals surface area (Å²) in [6.45, 7) is 3.56. The number of fused-ring (bicyclic) bond motifs is 1. The number of nitrogens with one attached hydrogen (secondary N) is 1. The number of phenols is 1. The molecule has 0 saturated heterocycles. The summed E-state index contributed by atoms with van der Waals surface area (Å²) in [5, 5.41) is 27.5. The van der Waals surface area contributed by atoms with E-state index in [1.165, 1.54) is 18.2 Å². The number of hydrogen-bond donors (Lipinski definition) is 3. The highest BCUT2D eigenvalue weighted by Gasteiger charge is 2.14. The van der Waals surface area contributed by atoms with E-state index in [9.17, 15) is 14.6 Å². The van der Waals surface area contributed by atoms with Crippen molar-refractivity contribution < 1.29 is 14.6 Å². The molecule has 4 aromatic rings. The lowest BCUT2D eigenvalue weighted by atomic mass is 10.1. The molecule has 0 spiro atoms. The third-order valence-corrected chi connectivity index (χ3v) is 4.80. The maximum absolute atomic E-state index is 13.6. The van der Waals surface area contributed by atoms with Crippen LogP contribution in [0.15, 0.2) is 54.9 Å².